The van der Waals surface area contributed by atoms with Gasteiger partial charge in [-0.25, -0.2) is 4.98 Å². The second-order valence-electron chi connectivity index (χ2n) is 4.51. The molecule has 3 nitrogen and oxygen atoms in total. The van der Waals surface area contributed by atoms with Crippen molar-refractivity contribution in [3.05, 3.63) is 39.8 Å². The lowest BCUT2D eigenvalue weighted by Gasteiger charge is -2.10. The summed E-state index contributed by atoms with van der Waals surface area (Å²) in [6, 6.07) is 6.35. The van der Waals surface area contributed by atoms with Crippen LogP contribution in [0.2, 0.25) is 0 Å². The van der Waals surface area contributed by atoms with Crippen LogP contribution < -0.4 is 5.32 Å². The molecule has 0 aliphatic carbocycles. The zero-order chi connectivity index (χ0) is 13.3. The summed E-state index contributed by atoms with van der Waals surface area (Å²) < 4.78 is 3.26. The summed E-state index contributed by atoms with van der Waals surface area (Å²) in [4.78, 5) is 4.63. The van der Waals surface area contributed by atoms with Gasteiger partial charge in [-0.15, -0.1) is 0 Å². The van der Waals surface area contributed by atoms with Crippen LogP contribution in [0, 0.1) is 13.8 Å². The Morgan fingerprint density at radius 3 is 2.72 bits per heavy atom. The highest BCUT2D eigenvalue weighted by atomic mass is 79.9. The van der Waals surface area contributed by atoms with Gasteiger partial charge >= 0.3 is 0 Å². The van der Waals surface area contributed by atoms with Crippen LogP contribution in [0.3, 0.4) is 0 Å². The number of nitrogens with zero attached hydrogens (tertiary/aromatic N) is 2. The van der Waals surface area contributed by atoms with Gasteiger partial charge in [0.05, 0.1) is 17.9 Å². The second kappa shape index (κ2) is 5.24. The van der Waals surface area contributed by atoms with Crippen molar-refractivity contribution >= 4 is 15.9 Å². The number of nitrogens with one attached hydrogen (secondary N) is 1. The maximum absolute atomic E-state index is 4.63. The van der Waals surface area contributed by atoms with E-state index in [4.69, 9.17) is 0 Å². The summed E-state index contributed by atoms with van der Waals surface area (Å²) in [6.45, 7) is 4.98. The normalized spacial score (nSPS) is 10.9. The Labute approximate surface area is 116 Å². The molecule has 0 radical (unpaired) electrons. The van der Waals surface area contributed by atoms with Crippen LogP contribution in [0.4, 0.5) is 0 Å². The average molecular weight is 308 g/mol. The Kier molecular flexibility index (Phi) is 3.88. The van der Waals surface area contributed by atoms with Gasteiger partial charge in [0.1, 0.15) is 5.82 Å². The van der Waals surface area contributed by atoms with Crippen molar-refractivity contribution in [2.24, 2.45) is 7.05 Å². The highest BCUT2D eigenvalue weighted by molar-refractivity contribution is 9.10. The number of aromatic nitrogens is 2. The number of benzene rings is 1. The van der Waals surface area contributed by atoms with E-state index < -0.39 is 0 Å². The maximum Gasteiger partial charge on any atom is 0.123 e. The number of aryl methyl sites for hydroxylation is 2. The van der Waals surface area contributed by atoms with Gasteiger partial charge in [0.2, 0.25) is 0 Å². The topological polar surface area (TPSA) is 29.9 Å². The standard InChI is InChI=1S/C14H18BrN3/c1-9-5-6-11(15)7-12(9)14-10(2)17-13(8-16-3)18(14)4/h5-7,16H,8H2,1-4H3. The molecule has 0 bridgehead atoms. The molecule has 2 rings (SSSR count). The highest BCUT2D eigenvalue weighted by Crippen LogP contribution is 2.29. The van der Waals surface area contributed by atoms with E-state index >= 15 is 0 Å². The second-order valence-corrected chi connectivity index (χ2v) is 5.43. The van der Waals surface area contributed by atoms with Gasteiger partial charge in [-0.2, -0.15) is 0 Å². The van der Waals surface area contributed by atoms with Crippen molar-refractivity contribution in [3.63, 3.8) is 0 Å². The van der Waals surface area contributed by atoms with Gasteiger partial charge in [-0.05, 0) is 38.6 Å². The van der Waals surface area contributed by atoms with Crippen LogP contribution in [0.15, 0.2) is 22.7 Å². The van der Waals surface area contributed by atoms with Crippen molar-refractivity contribution in [1.29, 1.82) is 0 Å². The van der Waals surface area contributed by atoms with Crippen LogP contribution in [0.5, 0.6) is 0 Å². The molecule has 2 aromatic rings. The molecule has 1 N–H and O–H groups in total. The molecule has 18 heavy (non-hydrogen) atoms. The minimum atomic E-state index is 0.782. The molecule has 0 saturated heterocycles. The van der Waals surface area contributed by atoms with Gasteiger partial charge < -0.3 is 9.88 Å². The van der Waals surface area contributed by atoms with Crippen LogP contribution in [-0.2, 0) is 13.6 Å². The van der Waals surface area contributed by atoms with Crippen molar-refractivity contribution in [1.82, 2.24) is 14.9 Å². The molecule has 0 unspecified atom stereocenters. The summed E-state index contributed by atoms with van der Waals surface area (Å²) >= 11 is 3.54. The van der Waals surface area contributed by atoms with E-state index in [1.165, 1.54) is 16.8 Å². The third-order valence-corrected chi connectivity index (χ3v) is 3.64. The minimum absolute atomic E-state index is 0.782. The van der Waals surface area contributed by atoms with Gasteiger partial charge in [-0.3, -0.25) is 0 Å². The van der Waals surface area contributed by atoms with E-state index in [0.717, 1.165) is 22.5 Å². The smallest absolute Gasteiger partial charge is 0.123 e. The SMILES string of the molecule is CNCc1nc(C)c(-c2cc(Br)ccc2C)n1C. The number of hydrogen-bond acceptors (Lipinski definition) is 2. The van der Waals surface area contributed by atoms with E-state index in [1.807, 2.05) is 7.05 Å². The van der Waals surface area contributed by atoms with Crippen LogP contribution >= 0.6 is 15.9 Å². The molecular weight excluding hydrogens is 290 g/mol. The Morgan fingerprint density at radius 2 is 2.06 bits per heavy atom. The first kappa shape index (κ1) is 13.3. The Bertz CT molecular complexity index is 573. The molecule has 0 aliphatic rings. The quantitative estimate of drug-likeness (QED) is 0.944. The molecule has 4 heteroatoms. The monoisotopic (exact) mass is 307 g/mol. The van der Waals surface area contributed by atoms with E-state index in [9.17, 15) is 0 Å². The molecule has 1 aromatic heterocycles. The van der Waals surface area contributed by atoms with Gasteiger partial charge in [0.25, 0.3) is 0 Å². The molecule has 0 amide bonds. The predicted octanol–water partition coefficient (Wildman–Crippen LogP) is 3.19. The summed E-state index contributed by atoms with van der Waals surface area (Å²) in [7, 11) is 4.01. The maximum atomic E-state index is 4.63. The first-order valence-electron chi connectivity index (χ1n) is 5.98. The summed E-state index contributed by atoms with van der Waals surface area (Å²) in [5.41, 5.74) is 4.77. The molecule has 0 aliphatic heterocycles. The molecule has 1 aromatic carbocycles. The van der Waals surface area contributed by atoms with Crippen molar-refractivity contribution in [2.75, 3.05) is 7.05 Å². The lowest BCUT2D eigenvalue weighted by molar-refractivity contribution is 0.711. The Hall–Kier alpha value is -1.13. The fraction of sp³-hybridized carbons (Fsp3) is 0.357. The zero-order valence-corrected chi connectivity index (χ0v) is 12.8. The van der Waals surface area contributed by atoms with Crippen LogP contribution in [0.1, 0.15) is 17.1 Å². The first-order chi connectivity index (χ1) is 8.54. The van der Waals surface area contributed by atoms with Gasteiger partial charge in [0, 0.05) is 17.1 Å². The van der Waals surface area contributed by atoms with E-state index in [1.54, 1.807) is 0 Å². The van der Waals surface area contributed by atoms with Gasteiger partial charge in [-0.1, -0.05) is 22.0 Å². The molecule has 0 spiro atoms. The van der Waals surface area contributed by atoms with Gasteiger partial charge in [0.15, 0.2) is 0 Å². The first-order valence-corrected chi connectivity index (χ1v) is 6.77. The summed E-state index contributed by atoms with van der Waals surface area (Å²) in [5.74, 6) is 1.06. The minimum Gasteiger partial charge on any atom is -0.330 e. The van der Waals surface area contributed by atoms with E-state index in [-0.39, 0.29) is 0 Å². The molecule has 0 saturated carbocycles. The van der Waals surface area contributed by atoms with Crippen molar-refractivity contribution < 1.29 is 0 Å². The third kappa shape index (κ3) is 2.35. The van der Waals surface area contributed by atoms with Crippen LogP contribution in [-0.4, -0.2) is 16.6 Å². The highest BCUT2D eigenvalue weighted by Gasteiger charge is 2.14. The van der Waals surface area contributed by atoms with E-state index in [0.29, 0.717) is 0 Å². The number of hydrogen-bond donors (Lipinski definition) is 1. The molecular formula is C14H18BrN3. The molecule has 0 atom stereocenters. The Morgan fingerprint density at radius 1 is 1.33 bits per heavy atom. The third-order valence-electron chi connectivity index (χ3n) is 3.15. The number of imidazole rings is 1. The van der Waals surface area contributed by atoms with Crippen LogP contribution in [0.25, 0.3) is 11.3 Å². The van der Waals surface area contributed by atoms with Crippen molar-refractivity contribution in [3.8, 4) is 11.3 Å². The van der Waals surface area contributed by atoms with E-state index in [2.05, 4.69) is 69.9 Å². The Balaban J connectivity index is 2.60. The molecule has 0 fully saturated rings. The fourth-order valence-electron chi connectivity index (χ4n) is 2.23. The van der Waals surface area contributed by atoms with Crippen molar-refractivity contribution in [2.45, 2.75) is 20.4 Å². The molecule has 1 heterocycles. The average Bonchev–Trinajstić information content (AvgIpc) is 2.59. The molecule has 96 valence electrons. The largest absolute Gasteiger partial charge is 0.330 e. The number of rotatable bonds is 3. The fourth-order valence-corrected chi connectivity index (χ4v) is 2.60. The lowest BCUT2D eigenvalue weighted by atomic mass is 10.0. The summed E-state index contributed by atoms with van der Waals surface area (Å²) in [5, 5.41) is 3.15. The lowest BCUT2D eigenvalue weighted by Crippen LogP contribution is -2.10. The predicted molar refractivity (Wildman–Crippen MR) is 78.6 cm³/mol. The zero-order valence-electron chi connectivity index (χ0n) is 11.2. The summed E-state index contributed by atoms with van der Waals surface area (Å²) in [6.07, 6.45) is 0. The number of halogens is 1.